The Kier molecular flexibility index (Phi) is 3.53. The van der Waals surface area contributed by atoms with Crippen molar-refractivity contribution in [1.82, 2.24) is 0 Å². The van der Waals surface area contributed by atoms with E-state index in [0.717, 1.165) is 16.8 Å². The molecule has 1 amide bonds. The molecule has 14 heavy (non-hydrogen) atoms. The number of amides is 1. The van der Waals surface area contributed by atoms with Crippen LogP contribution in [0.5, 0.6) is 0 Å². The highest BCUT2D eigenvalue weighted by molar-refractivity contribution is 6.29. The van der Waals surface area contributed by atoms with Crippen LogP contribution in [0, 0.1) is 13.8 Å². The van der Waals surface area contributed by atoms with Gasteiger partial charge in [-0.3, -0.25) is 4.79 Å². The molecule has 0 aromatic heterocycles. The maximum absolute atomic E-state index is 11.3. The first-order chi connectivity index (χ1) is 6.54. The Hall–Kier alpha value is -1.02. The maximum Gasteiger partial charge on any atom is 0.241 e. The van der Waals surface area contributed by atoms with E-state index >= 15 is 0 Å². The van der Waals surface area contributed by atoms with E-state index in [1.165, 1.54) is 0 Å². The summed E-state index contributed by atoms with van der Waals surface area (Å²) in [5.41, 5.74) is 3.19. The molecule has 0 saturated heterocycles. The molecule has 0 spiro atoms. The first kappa shape index (κ1) is 11.1. The molecule has 3 heteroatoms. The minimum Gasteiger partial charge on any atom is -0.314 e. The Morgan fingerprint density at radius 1 is 1.29 bits per heavy atom. The van der Waals surface area contributed by atoms with Crippen molar-refractivity contribution in [2.24, 2.45) is 0 Å². The second-order valence-electron chi connectivity index (χ2n) is 3.43. The van der Waals surface area contributed by atoms with Crippen LogP contribution in [0.15, 0.2) is 18.2 Å². The quantitative estimate of drug-likeness (QED) is 0.689. The van der Waals surface area contributed by atoms with Crippen LogP contribution in [0.2, 0.25) is 0 Å². The predicted molar refractivity (Wildman–Crippen MR) is 60.0 cm³/mol. The SMILES string of the molecule is Cc1cc(C)cc(N(C)C(=O)CCl)c1. The van der Waals surface area contributed by atoms with Crippen LogP contribution in [-0.2, 0) is 4.79 Å². The Balaban J connectivity index is 3.00. The van der Waals surface area contributed by atoms with Crippen molar-refractivity contribution in [1.29, 1.82) is 0 Å². The van der Waals surface area contributed by atoms with E-state index in [0.29, 0.717) is 0 Å². The average molecular weight is 212 g/mol. The minimum absolute atomic E-state index is 0.0174. The molecule has 0 radical (unpaired) electrons. The van der Waals surface area contributed by atoms with Gasteiger partial charge in [0.1, 0.15) is 5.88 Å². The highest BCUT2D eigenvalue weighted by atomic mass is 35.5. The number of carbonyl (C=O) groups is 1. The molecule has 0 unspecified atom stereocenters. The van der Waals surface area contributed by atoms with Crippen LogP contribution in [-0.4, -0.2) is 18.8 Å². The smallest absolute Gasteiger partial charge is 0.241 e. The first-order valence-corrected chi connectivity index (χ1v) is 4.99. The molecule has 2 nitrogen and oxygen atoms in total. The number of halogens is 1. The lowest BCUT2D eigenvalue weighted by atomic mass is 10.1. The molecular weight excluding hydrogens is 198 g/mol. The van der Waals surface area contributed by atoms with Gasteiger partial charge in [-0.1, -0.05) is 6.07 Å². The van der Waals surface area contributed by atoms with Crippen LogP contribution in [0.4, 0.5) is 5.69 Å². The molecule has 0 heterocycles. The third-order valence-corrected chi connectivity index (χ3v) is 2.31. The van der Waals surface area contributed by atoms with Crippen molar-refractivity contribution < 1.29 is 4.79 Å². The van der Waals surface area contributed by atoms with Gasteiger partial charge < -0.3 is 4.90 Å². The molecule has 0 fully saturated rings. The molecule has 1 rings (SSSR count). The molecule has 1 aromatic carbocycles. The van der Waals surface area contributed by atoms with Crippen LogP contribution in [0.25, 0.3) is 0 Å². The van der Waals surface area contributed by atoms with Crippen LogP contribution in [0.1, 0.15) is 11.1 Å². The van der Waals surface area contributed by atoms with Crippen LogP contribution < -0.4 is 4.90 Å². The van der Waals surface area contributed by atoms with E-state index in [4.69, 9.17) is 11.6 Å². The highest BCUT2D eigenvalue weighted by Crippen LogP contribution is 2.17. The summed E-state index contributed by atoms with van der Waals surface area (Å²) in [6, 6.07) is 6.01. The Morgan fingerprint density at radius 3 is 2.21 bits per heavy atom. The summed E-state index contributed by atoms with van der Waals surface area (Å²) in [5.74, 6) is -0.0691. The minimum atomic E-state index is -0.0864. The van der Waals surface area contributed by atoms with Crippen molar-refractivity contribution in [2.75, 3.05) is 17.8 Å². The zero-order valence-corrected chi connectivity index (χ0v) is 9.43. The number of nitrogens with zero attached hydrogens (tertiary/aromatic N) is 1. The fourth-order valence-corrected chi connectivity index (χ4v) is 1.56. The van der Waals surface area contributed by atoms with E-state index in [1.807, 2.05) is 26.0 Å². The number of rotatable bonds is 2. The number of carbonyl (C=O) groups excluding carboxylic acids is 1. The predicted octanol–water partition coefficient (Wildman–Crippen LogP) is 2.51. The second-order valence-corrected chi connectivity index (χ2v) is 3.70. The maximum atomic E-state index is 11.3. The first-order valence-electron chi connectivity index (χ1n) is 4.45. The van der Waals surface area contributed by atoms with Crippen molar-refractivity contribution in [3.63, 3.8) is 0 Å². The Bertz CT molecular complexity index is 329. The molecule has 0 aliphatic rings. The summed E-state index contributed by atoms with van der Waals surface area (Å²) in [6.45, 7) is 4.02. The summed E-state index contributed by atoms with van der Waals surface area (Å²) in [4.78, 5) is 12.9. The molecule has 0 aliphatic heterocycles. The van der Waals surface area contributed by atoms with Gasteiger partial charge in [0.25, 0.3) is 0 Å². The summed E-state index contributed by atoms with van der Waals surface area (Å²) in [7, 11) is 1.74. The third-order valence-electron chi connectivity index (χ3n) is 2.08. The summed E-state index contributed by atoms with van der Waals surface area (Å²) < 4.78 is 0. The van der Waals surface area contributed by atoms with Crippen molar-refractivity contribution >= 4 is 23.2 Å². The summed E-state index contributed by atoms with van der Waals surface area (Å²) in [5, 5.41) is 0. The molecule has 0 saturated carbocycles. The standard InChI is InChI=1S/C11H14ClNO/c1-8-4-9(2)6-10(5-8)13(3)11(14)7-12/h4-6H,7H2,1-3H3. The van der Waals surface area contributed by atoms with E-state index in [1.54, 1.807) is 11.9 Å². The molecular formula is C11H14ClNO. The molecule has 76 valence electrons. The van der Waals surface area contributed by atoms with Gasteiger partial charge in [-0.15, -0.1) is 11.6 Å². The molecule has 0 N–H and O–H groups in total. The van der Waals surface area contributed by atoms with Crippen molar-refractivity contribution in [3.05, 3.63) is 29.3 Å². The number of aryl methyl sites for hydroxylation is 2. The average Bonchev–Trinajstić information content (AvgIpc) is 2.14. The number of hydrogen-bond acceptors (Lipinski definition) is 1. The highest BCUT2D eigenvalue weighted by Gasteiger charge is 2.09. The van der Waals surface area contributed by atoms with Gasteiger partial charge in [-0.2, -0.15) is 0 Å². The number of hydrogen-bond donors (Lipinski definition) is 0. The lowest BCUT2D eigenvalue weighted by molar-refractivity contribution is -0.116. The van der Waals surface area contributed by atoms with Gasteiger partial charge in [0.2, 0.25) is 5.91 Å². The Labute approximate surface area is 89.5 Å². The third kappa shape index (κ3) is 2.48. The van der Waals surface area contributed by atoms with Gasteiger partial charge in [0.15, 0.2) is 0 Å². The van der Waals surface area contributed by atoms with Crippen LogP contribution in [0.3, 0.4) is 0 Å². The molecule has 0 bridgehead atoms. The molecule has 1 aromatic rings. The van der Waals surface area contributed by atoms with E-state index in [2.05, 4.69) is 6.07 Å². The summed E-state index contributed by atoms with van der Waals surface area (Å²) in [6.07, 6.45) is 0. The Morgan fingerprint density at radius 2 is 1.79 bits per heavy atom. The summed E-state index contributed by atoms with van der Waals surface area (Å²) >= 11 is 5.49. The molecule has 0 aliphatic carbocycles. The van der Waals surface area contributed by atoms with E-state index in [-0.39, 0.29) is 11.8 Å². The fourth-order valence-electron chi connectivity index (χ4n) is 1.38. The lowest BCUT2D eigenvalue weighted by Crippen LogP contribution is -2.27. The fraction of sp³-hybridized carbons (Fsp3) is 0.364. The monoisotopic (exact) mass is 211 g/mol. The zero-order chi connectivity index (χ0) is 10.7. The molecule has 0 atom stereocenters. The van der Waals surface area contributed by atoms with Gasteiger partial charge in [0.05, 0.1) is 0 Å². The van der Waals surface area contributed by atoms with Gasteiger partial charge in [-0.05, 0) is 37.1 Å². The largest absolute Gasteiger partial charge is 0.314 e. The van der Waals surface area contributed by atoms with Crippen molar-refractivity contribution in [3.8, 4) is 0 Å². The van der Waals surface area contributed by atoms with Gasteiger partial charge in [0, 0.05) is 12.7 Å². The number of alkyl halides is 1. The van der Waals surface area contributed by atoms with Crippen molar-refractivity contribution in [2.45, 2.75) is 13.8 Å². The number of anilines is 1. The second kappa shape index (κ2) is 4.47. The topological polar surface area (TPSA) is 20.3 Å². The van der Waals surface area contributed by atoms with Crippen LogP contribution >= 0.6 is 11.6 Å². The van der Waals surface area contributed by atoms with Gasteiger partial charge >= 0.3 is 0 Å². The lowest BCUT2D eigenvalue weighted by Gasteiger charge is -2.17. The van der Waals surface area contributed by atoms with E-state index < -0.39 is 0 Å². The van der Waals surface area contributed by atoms with Gasteiger partial charge in [-0.25, -0.2) is 0 Å². The number of benzene rings is 1. The van der Waals surface area contributed by atoms with E-state index in [9.17, 15) is 4.79 Å². The normalized spacial score (nSPS) is 10.0. The zero-order valence-electron chi connectivity index (χ0n) is 8.67.